The third kappa shape index (κ3) is 5.05. The Morgan fingerprint density at radius 2 is 1.34 bits per heavy atom. The van der Waals surface area contributed by atoms with E-state index in [2.05, 4.69) is 32.9 Å². The van der Waals surface area contributed by atoms with E-state index in [0.29, 0.717) is 19.4 Å². The summed E-state index contributed by atoms with van der Waals surface area (Å²) in [5.74, 6) is -0.290. The molecule has 0 fully saturated rings. The summed E-state index contributed by atoms with van der Waals surface area (Å²) >= 11 is 0. The SMILES string of the molecule is CC(C)(C)c1ccc(CCn2c(O)cc(=O)n(CCc3ccccc3)c2=O)cc1. The highest BCUT2D eigenvalue weighted by Gasteiger charge is 2.14. The molecule has 0 bridgehead atoms. The molecule has 3 aromatic rings. The first-order chi connectivity index (χ1) is 13.8. The summed E-state index contributed by atoms with van der Waals surface area (Å²) in [6, 6.07) is 19.1. The average Bonchev–Trinajstić information content (AvgIpc) is 2.68. The average molecular weight is 392 g/mol. The first kappa shape index (κ1) is 20.6. The maximum Gasteiger partial charge on any atom is 0.333 e. The summed E-state index contributed by atoms with van der Waals surface area (Å²) in [4.78, 5) is 25.0. The minimum Gasteiger partial charge on any atom is -0.494 e. The second-order valence-corrected chi connectivity index (χ2v) is 8.36. The molecule has 1 heterocycles. The summed E-state index contributed by atoms with van der Waals surface area (Å²) in [6.45, 7) is 7.09. The van der Waals surface area contributed by atoms with E-state index in [1.807, 2.05) is 42.5 Å². The standard InChI is InChI=1S/C24H28N2O3/c1-24(2,3)20-11-9-19(10-12-20)14-16-26-22(28)17-21(27)25(23(26)29)15-13-18-7-5-4-6-8-18/h4-12,17,28H,13-16H2,1-3H3. The van der Waals surface area contributed by atoms with Crippen LogP contribution in [-0.4, -0.2) is 14.2 Å². The Bertz CT molecular complexity index is 1070. The van der Waals surface area contributed by atoms with Crippen LogP contribution in [0.15, 0.2) is 70.3 Å². The molecule has 1 aromatic heterocycles. The van der Waals surface area contributed by atoms with Crippen molar-refractivity contribution in [1.82, 2.24) is 9.13 Å². The van der Waals surface area contributed by atoms with Crippen LogP contribution in [0.1, 0.15) is 37.5 Å². The van der Waals surface area contributed by atoms with E-state index in [9.17, 15) is 14.7 Å². The van der Waals surface area contributed by atoms with Crippen molar-refractivity contribution in [2.45, 2.75) is 52.1 Å². The molecule has 2 aromatic carbocycles. The van der Waals surface area contributed by atoms with Gasteiger partial charge in [0.1, 0.15) is 0 Å². The van der Waals surface area contributed by atoms with Crippen LogP contribution in [-0.2, 0) is 31.3 Å². The van der Waals surface area contributed by atoms with Gasteiger partial charge in [0.2, 0.25) is 5.88 Å². The van der Waals surface area contributed by atoms with Gasteiger partial charge in [0, 0.05) is 13.1 Å². The van der Waals surface area contributed by atoms with E-state index < -0.39 is 11.2 Å². The van der Waals surface area contributed by atoms with Crippen LogP contribution in [0.2, 0.25) is 0 Å². The zero-order valence-corrected chi connectivity index (χ0v) is 17.3. The fourth-order valence-electron chi connectivity index (χ4n) is 3.32. The van der Waals surface area contributed by atoms with Crippen molar-refractivity contribution in [3.05, 3.63) is 98.2 Å². The fraction of sp³-hybridized carbons (Fsp3) is 0.333. The predicted molar refractivity (Wildman–Crippen MR) is 116 cm³/mol. The van der Waals surface area contributed by atoms with Gasteiger partial charge in [-0.25, -0.2) is 4.79 Å². The molecular weight excluding hydrogens is 364 g/mol. The van der Waals surface area contributed by atoms with Crippen molar-refractivity contribution in [3.8, 4) is 5.88 Å². The van der Waals surface area contributed by atoms with E-state index in [1.54, 1.807) is 0 Å². The molecule has 152 valence electrons. The van der Waals surface area contributed by atoms with E-state index >= 15 is 0 Å². The van der Waals surface area contributed by atoms with E-state index in [1.165, 1.54) is 14.7 Å². The van der Waals surface area contributed by atoms with E-state index in [-0.39, 0.29) is 17.8 Å². The molecule has 5 nitrogen and oxygen atoms in total. The van der Waals surface area contributed by atoms with Crippen LogP contribution < -0.4 is 11.2 Å². The molecule has 0 radical (unpaired) electrons. The molecule has 0 saturated carbocycles. The molecule has 0 aliphatic rings. The Labute approximate surface area is 170 Å². The minimum atomic E-state index is -0.478. The third-order valence-electron chi connectivity index (χ3n) is 5.17. The highest BCUT2D eigenvalue weighted by molar-refractivity contribution is 5.27. The zero-order chi connectivity index (χ0) is 21.0. The highest BCUT2D eigenvalue weighted by Crippen LogP contribution is 2.22. The first-order valence-corrected chi connectivity index (χ1v) is 9.93. The van der Waals surface area contributed by atoms with Gasteiger partial charge in [-0.2, -0.15) is 0 Å². The number of hydrogen-bond acceptors (Lipinski definition) is 3. The molecule has 0 spiro atoms. The molecular formula is C24H28N2O3. The number of aryl methyl sites for hydroxylation is 2. The second-order valence-electron chi connectivity index (χ2n) is 8.36. The number of aromatic hydroxyl groups is 1. The summed E-state index contributed by atoms with van der Waals surface area (Å²) in [5.41, 5.74) is 2.51. The molecule has 0 saturated heterocycles. The Balaban J connectivity index is 1.77. The number of benzene rings is 2. The van der Waals surface area contributed by atoms with E-state index in [0.717, 1.165) is 17.2 Å². The van der Waals surface area contributed by atoms with Crippen LogP contribution in [0.4, 0.5) is 0 Å². The van der Waals surface area contributed by atoms with Crippen molar-refractivity contribution in [3.63, 3.8) is 0 Å². The lowest BCUT2D eigenvalue weighted by molar-refractivity contribution is 0.388. The van der Waals surface area contributed by atoms with Crippen LogP contribution >= 0.6 is 0 Å². The number of rotatable bonds is 6. The van der Waals surface area contributed by atoms with Crippen LogP contribution in [0.25, 0.3) is 0 Å². The molecule has 0 unspecified atom stereocenters. The van der Waals surface area contributed by atoms with Gasteiger partial charge in [-0.05, 0) is 34.9 Å². The predicted octanol–water partition coefficient (Wildman–Crippen LogP) is 3.50. The molecule has 0 atom stereocenters. The Kier molecular flexibility index (Phi) is 6.06. The van der Waals surface area contributed by atoms with Crippen molar-refractivity contribution in [2.75, 3.05) is 0 Å². The monoisotopic (exact) mass is 392 g/mol. The quantitative estimate of drug-likeness (QED) is 0.698. The summed E-state index contributed by atoms with van der Waals surface area (Å²) < 4.78 is 2.46. The summed E-state index contributed by atoms with van der Waals surface area (Å²) in [7, 11) is 0. The molecule has 3 rings (SSSR count). The van der Waals surface area contributed by atoms with Crippen LogP contribution in [0.5, 0.6) is 5.88 Å². The molecule has 1 N–H and O–H groups in total. The molecule has 29 heavy (non-hydrogen) atoms. The largest absolute Gasteiger partial charge is 0.494 e. The maximum absolute atomic E-state index is 12.8. The van der Waals surface area contributed by atoms with Gasteiger partial charge >= 0.3 is 5.69 Å². The van der Waals surface area contributed by atoms with Gasteiger partial charge in [0.05, 0.1) is 6.07 Å². The lowest BCUT2D eigenvalue weighted by atomic mass is 9.86. The van der Waals surface area contributed by atoms with Crippen molar-refractivity contribution >= 4 is 0 Å². The lowest BCUT2D eigenvalue weighted by Gasteiger charge is -2.19. The van der Waals surface area contributed by atoms with Crippen molar-refractivity contribution < 1.29 is 5.11 Å². The maximum atomic E-state index is 12.8. The second kappa shape index (κ2) is 8.52. The van der Waals surface area contributed by atoms with Gasteiger partial charge in [-0.15, -0.1) is 0 Å². The van der Waals surface area contributed by atoms with Crippen molar-refractivity contribution in [1.29, 1.82) is 0 Å². The fourth-order valence-corrected chi connectivity index (χ4v) is 3.32. The smallest absolute Gasteiger partial charge is 0.333 e. The van der Waals surface area contributed by atoms with Gasteiger partial charge in [-0.3, -0.25) is 13.9 Å². The van der Waals surface area contributed by atoms with E-state index in [4.69, 9.17) is 0 Å². The van der Waals surface area contributed by atoms with Gasteiger partial charge in [-0.1, -0.05) is 75.4 Å². The molecule has 0 aliphatic carbocycles. The number of nitrogens with zero attached hydrogens (tertiary/aromatic N) is 2. The van der Waals surface area contributed by atoms with Crippen LogP contribution in [0.3, 0.4) is 0 Å². The Morgan fingerprint density at radius 3 is 1.93 bits per heavy atom. The number of aromatic nitrogens is 2. The first-order valence-electron chi connectivity index (χ1n) is 9.93. The van der Waals surface area contributed by atoms with Crippen molar-refractivity contribution in [2.24, 2.45) is 0 Å². The normalized spacial score (nSPS) is 11.6. The summed E-state index contributed by atoms with van der Waals surface area (Å²) in [6.07, 6.45) is 1.17. The zero-order valence-electron chi connectivity index (χ0n) is 17.3. The minimum absolute atomic E-state index is 0.0853. The third-order valence-corrected chi connectivity index (χ3v) is 5.17. The highest BCUT2D eigenvalue weighted by atomic mass is 16.3. The van der Waals surface area contributed by atoms with Gasteiger partial charge < -0.3 is 5.11 Å². The topological polar surface area (TPSA) is 64.2 Å². The molecule has 5 heteroatoms. The number of hydrogen-bond donors (Lipinski definition) is 1. The lowest BCUT2D eigenvalue weighted by Crippen LogP contribution is -2.40. The van der Waals surface area contributed by atoms with Gasteiger partial charge in [0.15, 0.2) is 0 Å². The Morgan fingerprint density at radius 1 is 0.793 bits per heavy atom. The summed E-state index contributed by atoms with van der Waals surface area (Å²) in [5, 5.41) is 10.2. The van der Waals surface area contributed by atoms with Crippen LogP contribution in [0, 0.1) is 0 Å². The van der Waals surface area contributed by atoms with Gasteiger partial charge in [0.25, 0.3) is 5.56 Å². The molecule has 0 amide bonds. The Hall–Kier alpha value is -3.08. The molecule has 0 aliphatic heterocycles.